The molecule has 3 aliphatic heterocycles. The zero-order valence-electron chi connectivity index (χ0n) is 9.72. The number of ether oxygens (including phenoxy) is 1. The van der Waals surface area contributed by atoms with Crippen LogP contribution in [0.15, 0.2) is 24.3 Å². The van der Waals surface area contributed by atoms with Gasteiger partial charge in [-0.05, 0) is 5.92 Å². The first-order chi connectivity index (χ1) is 7.65. The molecule has 86 valence electrons. The van der Waals surface area contributed by atoms with Crippen LogP contribution in [0.3, 0.4) is 0 Å². The summed E-state index contributed by atoms with van der Waals surface area (Å²) in [5.41, 5.74) is -0.415. The zero-order valence-corrected chi connectivity index (χ0v) is 9.72. The minimum Gasteiger partial charge on any atom is -0.379 e. The highest BCUT2D eigenvalue weighted by atomic mass is 16.5. The monoisotopic (exact) mass is 219 g/mol. The quantitative estimate of drug-likeness (QED) is 0.573. The summed E-state index contributed by atoms with van der Waals surface area (Å²) >= 11 is 0. The molecule has 4 rings (SSSR count). The molecule has 3 heterocycles. The Labute approximate surface area is 95.8 Å². The van der Waals surface area contributed by atoms with Crippen molar-refractivity contribution in [1.82, 2.24) is 4.90 Å². The van der Waals surface area contributed by atoms with E-state index in [1.807, 2.05) is 11.9 Å². The molecule has 2 bridgehead atoms. The molecule has 0 saturated carbocycles. The highest BCUT2D eigenvalue weighted by Crippen LogP contribution is 2.44. The second-order valence-corrected chi connectivity index (χ2v) is 5.17. The maximum absolute atomic E-state index is 12.5. The standard InChI is InChI=1S/C13H17NO2/c1-9-3-4-10-7-16-8-13(10)6-5-11(9)14(2)12(13)15/h3-6,9-11H,7-8H2,1-2H3/b4-3-/t9-,10-,11-,13-/m1/s1. The lowest BCUT2D eigenvalue weighted by Gasteiger charge is -2.43. The van der Waals surface area contributed by atoms with Gasteiger partial charge in [0.25, 0.3) is 0 Å². The average Bonchev–Trinajstić information content (AvgIpc) is 2.64. The molecule has 0 N–H and O–H groups in total. The number of hydrogen-bond acceptors (Lipinski definition) is 2. The van der Waals surface area contributed by atoms with Gasteiger partial charge >= 0.3 is 0 Å². The normalized spacial score (nSPS) is 47.8. The second kappa shape index (κ2) is 3.20. The van der Waals surface area contributed by atoms with E-state index in [4.69, 9.17) is 4.74 Å². The molecule has 0 aromatic heterocycles. The second-order valence-electron chi connectivity index (χ2n) is 5.17. The summed E-state index contributed by atoms with van der Waals surface area (Å²) in [6.07, 6.45) is 8.68. The summed E-state index contributed by atoms with van der Waals surface area (Å²) < 4.78 is 5.53. The molecule has 4 atom stereocenters. The van der Waals surface area contributed by atoms with Crippen molar-refractivity contribution in [2.45, 2.75) is 13.0 Å². The van der Waals surface area contributed by atoms with Crippen molar-refractivity contribution >= 4 is 5.91 Å². The van der Waals surface area contributed by atoms with Crippen LogP contribution in [0.5, 0.6) is 0 Å². The molecule has 0 radical (unpaired) electrons. The van der Waals surface area contributed by atoms with Crippen molar-refractivity contribution in [2.24, 2.45) is 17.3 Å². The summed E-state index contributed by atoms with van der Waals surface area (Å²) in [6, 6.07) is 0.205. The summed E-state index contributed by atoms with van der Waals surface area (Å²) in [6.45, 7) is 3.35. The molecule has 0 unspecified atom stereocenters. The summed E-state index contributed by atoms with van der Waals surface area (Å²) in [5, 5.41) is 0. The van der Waals surface area contributed by atoms with Crippen LogP contribution in [0.25, 0.3) is 0 Å². The minimum atomic E-state index is -0.415. The van der Waals surface area contributed by atoms with E-state index >= 15 is 0 Å². The molecule has 0 aromatic carbocycles. The minimum absolute atomic E-state index is 0.205. The third-order valence-electron chi connectivity index (χ3n) is 4.24. The molecule has 4 aliphatic rings. The predicted octanol–water partition coefficient (Wildman–Crippen LogP) is 1.22. The Bertz CT molecular complexity index is 387. The smallest absolute Gasteiger partial charge is 0.235 e. The van der Waals surface area contributed by atoms with Gasteiger partial charge < -0.3 is 9.64 Å². The van der Waals surface area contributed by atoms with Gasteiger partial charge in [0.05, 0.1) is 24.7 Å². The van der Waals surface area contributed by atoms with Gasteiger partial charge in [-0.15, -0.1) is 0 Å². The molecule has 3 nitrogen and oxygen atoms in total. The Morgan fingerprint density at radius 2 is 2.25 bits per heavy atom. The van der Waals surface area contributed by atoms with Crippen LogP contribution in [-0.2, 0) is 9.53 Å². The Morgan fingerprint density at radius 3 is 3.06 bits per heavy atom. The highest BCUT2D eigenvalue weighted by Gasteiger charge is 2.52. The Balaban J connectivity index is 2.14. The zero-order chi connectivity index (χ0) is 11.3. The van der Waals surface area contributed by atoms with Crippen LogP contribution in [0.4, 0.5) is 0 Å². The number of rotatable bonds is 0. The first-order valence-corrected chi connectivity index (χ1v) is 5.88. The lowest BCUT2D eigenvalue weighted by atomic mass is 9.71. The van der Waals surface area contributed by atoms with Crippen LogP contribution in [-0.4, -0.2) is 37.1 Å². The molecule has 1 spiro atoms. The number of carbonyl (C=O) groups excluding carboxylic acids is 1. The average molecular weight is 219 g/mol. The SMILES string of the molecule is C[C@@H]1/C=C\[C@@H]2COC[C@]23C=C[C@H]1N(C)C3=O. The number of fused-ring (bicyclic) bond motifs is 2. The van der Waals surface area contributed by atoms with E-state index in [9.17, 15) is 4.79 Å². The molecule has 1 aliphatic carbocycles. The number of hydrogen-bond donors (Lipinski definition) is 0. The van der Waals surface area contributed by atoms with E-state index in [1.54, 1.807) is 0 Å². The molecule has 1 fully saturated rings. The first kappa shape index (κ1) is 10.1. The van der Waals surface area contributed by atoms with Gasteiger partial charge in [0.2, 0.25) is 5.91 Å². The molecule has 16 heavy (non-hydrogen) atoms. The van der Waals surface area contributed by atoms with E-state index in [2.05, 4.69) is 31.2 Å². The van der Waals surface area contributed by atoms with Crippen molar-refractivity contribution in [1.29, 1.82) is 0 Å². The van der Waals surface area contributed by atoms with Crippen LogP contribution in [0.2, 0.25) is 0 Å². The molecular formula is C13H17NO2. The van der Waals surface area contributed by atoms with Gasteiger partial charge in [-0.1, -0.05) is 31.2 Å². The van der Waals surface area contributed by atoms with Crippen LogP contribution >= 0.6 is 0 Å². The van der Waals surface area contributed by atoms with Gasteiger partial charge in [-0.3, -0.25) is 4.79 Å². The van der Waals surface area contributed by atoms with Crippen LogP contribution < -0.4 is 0 Å². The van der Waals surface area contributed by atoms with Crippen molar-refractivity contribution in [2.75, 3.05) is 20.3 Å². The molecule has 0 aromatic rings. The Morgan fingerprint density at radius 1 is 1.44 bits per heavy atom. The largest absolute Gasteiger partial charge is 0.379 e. The summed E-state index contributed by atoms with van der Waals surface area (Å²) in [7, 11) is 1.91. The number of amides is 1. The van der Waals surface area contributed by atoms with Crippen LogP contribution in [0.1, 0.15) is 6.92 Å². The summed E-state index contributed by atoms with van der Waals surface area (Å²) in [4.78, 5) is 14.4. The predicted molar refractivity (Wildman–Crippen MR) is 60.7 cm³/mol. The summed E-state index contributed by atoms with van der Waals surface area (Å²) in [5.74, 6) is 0.810. The number of nitrogens with zero attached hydrogens (tertiary/aromatic N) is 1. The lowest BCUT2D eigenvalue weighted by Crippen LogP contribution is -2.54. The van der Waals surface area contributed by atoms with E-state index < -0.39 is 5.41 Å². The molecule has 3 heteroatoms. The molecule has 1 amide bonds. The number of carbonyl (C=O) groups is 1. The van der Waals surface area contributed by atoms with Crippen molar-refractivity contribution < 1.29 is 9.53 Å². The van der Waals surface area contributed by atoms with Gasteiger partial charge in [0, 0.05) is 13.0 Å². The topological polar surface area (TPSA) is 29.5 Å². The van der Waals surface area contributed by atoms with Crippen molar-refractivity contribution in [3.05, 3.63) is 24.3 Å². The van der Waals surface area contributed by atoms with E-state index in [0.717, 1.165) is 0 Å². The van der Waals surface area contributed by atoms with Crippen molar-refractivity contribution in [3.8, 4) is 0 Å². The van der Waals surface area contributed by atoms with Gasteiger partial charge in [-0.2, -0.15) is 0 Å². The fraction of sp³-hybridized carbons (Fsp3) is 0.615. The fourth-order valence-electron chi connectivity index (χ4n) is 3.12. The molecular weight excluding hydrogens is 202 g/mol. The number of likely N-dealkylation sites (N-methyl/N-ethyl adjacent to an activating group) is 1. The lowest BCUT2D eigenvalue weighted by molar-refractivity contribution is -0.142. The van der Waals surface area contributed by atoms with Gasteiger partial charge in [-0.25, -0.2) is 0 Å². The van der Waals surface area contributed by atoms with Gasteiger partial charge in [0.1, 0.15) is 0 Å². The Kier molecular flexibility index (Phi) is 2.02. The maximum atomic E-state index is 12.5. The van der Waals surface area contributed by atoms with E-state index in [1.165, 1.54) is 0 Å². The highest BCUT2D eigenvalue weighted by molar-refractivity contribution is 5.87. The maximum Gasteiger partial charge on any atom is 0.235 e. The van der Waals surface area contributed by atoms with Crippen LogP contribution in [0, 0.1) is 17.3 Å². The Hall–Kier alpha value is -1.09. The third-order valence-corrected chi connectivity index (χ3v) is 4.24. The van der Waals surface area contributed by atoms with Crippen molar-refractivity contribution in [3.63, 3.8) is 0 Å². The van der Waals surface area contributed by atoms with Gasteiger partial charge in [0.15, 0.2) is 0 Å². The molecule has 1 saturated heterocycles. The van der Waals surface area contributed by atoms with E-state index in [-0.39, 0.29) is 17.9 Å². The fourth-order valence-corrected chi connectivity index (χ4v) is 3.12. The van der Waals surface area contributed by atoms with E-state index in [0.29, 0.717) is 19.1 Å². The first-order valence-electron chi connectivity index (χ1n) is 5.88. The third kappa shape index (κ3) is 1.09.